The minimum absolute atomic E-state index is 0.111. The molecule has 6 nitrogen and oxygen atoms in total. The van der Waals surface area contributed by atoms with E-state index in [2.05, 4.69) is 10.3 Å². The number of hydrogen-bond acceptors (Lipinski definition) is 6. The van der Waals surface area contributed by atoms with Crippen LogP contribution in [0.2, 0.25) is 0 Å². The second-order valence-corrected chi connectivity index (χ2v) is 7.84. The van der Waals surface area contributed by atoms with Gasteiger partial charge in [-0.05, 0) is 35.7 Å². The molecule has 3 aromatic heterocycles. The van der Waals surface area contributed by atoms with Crippen LogP contribution in [0, 0.1) is 0 Å². The molecule has 0 spiro atoms. The van der Waals surface area contributed by atoms with E-state index in [0.717, 1.165) is 10.6 Å². The van der Waals surface area contributed by atoms with Gasteiger partial charge < -0.3 is 14.6 Å². The van der Waals surface area contributed by atoms with Crippen LogP contribution in [0.25, 0.3) is 10.6 Å². The van der Waals surface area contributed by atoms with Crippen molar-refractivity contribution in [3.63, 3.8) is 0 Å². The number of furan rings is 1. The third kappa shape index (κ3) is 4.79. The lowest BCUT2D eigenvalue weighted by Gasteiger charge is -2.20. The summed E-state index contributed by atoms with van der Waals surface area (Å²) in [6.07, 6.45) is 1.54. The van der Waals surface area contributed by atoms with Gasteiger partial charge in [0.05, 0.1) is 12.8 Å². The molecule has 29 heavy (non-hydrogen) atoms. The van der Waals surface area contributed by atoms with Crippen LogP contribution < -0.4 is 5.32 Å². The van der Waals surface area contributed by atoms with Crippen molar-refractivity contribution < 1.29 is 14.0 Å². The van der Waals surface area contributed by atoms with E-state index in [0.29, 0.717) is 17.1 Å². The molecule has 0 aliphatic rings. The highest BCUT2D eigenvalue weighted by atomic mass is 32.1. The summed E-state index contributed by atoms with van der Waals surface area (Å²) in [6.45, 7) is 0.0685. The Morgan fingerprint density at radius 2 is 1.93 bits per heavy atom. The molecule has 8 heteroatoms. The zero-order valence-corrected chi connectivity index (χ0v) is 16.9. The molecule has 4 aromatic rings. The molecule has 0 saturated carbocycles. The molecule has 3 heterocycles. The lowest BCUT2D eigenvalue weighted by molar-refractivity contribution is -0.117. The molecule has 1 N–H and O–H groups in total. The number of thiophene rings is 1. The molecular weight excluding hydrogens is 406 g/mol. The van der Waals surface area contributed by atoms with Crippen LogP contribution in [0.4, 0.5) is 5.69 Å². The van der Waals surface area contributed by atoms with Crippen LogP contribution in [0.1, 0.15) is 16.2 Å². The first kappa shape index (κ1) is 19.1. The molecule has 0 unspecified atom stereocenters. The van der Waals surface area contributed by atoms with E-state index >= 15 is 0 Å². The summed E-state index contributed by atoms with van der Waals surface area (Å²) in [4.78, 5) is 31.5. The van der Waals surface area contributed by atoms with Crippen LogP contribution in [-0.2, 0) is 11.3 Å². The van der Waals surface area contributed by atoms with Gasteiger partial charge >= 0.3 is 0 Å². The van der Waals surface area contributed by atoms with E-state index in [1.54, 1.807) is 47.2 Å². The molecule has 0 aliphatic carbocycles. The first-order valence-electron chi connectivity index (χ1n) is 8.84. The third-order valence-electron chi connectivity index (χ3n) is 4.10. The van der Waals surface area contributed by atoms with E-state index < -0.39 is 0 Å². The number of rotatable bonds is 7. The van der Waals surface area contributed by atoms with Gasteiger partial charge in [0.1, 0.15) is 23.0 Å². The van der Waals surface area contributed by atoms with E-state index in [1.165, 1.54) is 16.2 Å². The lowest BCUT2D eigenvalue weighted by Crippen LogP contribution is -2.37. The van der Waals surface area contributed by atoms with Gasteiger partial charge in [-0.2, -0.15) is 11.3 Å². The van der Waals surface area contributed by atoms with Gasteiger partial charge in [-0.15, -0.1) is 11.3 Å². The van der Waals surface area contributed by atoms with E-state index in [-0.39, 0.29) is 24.9 Å². The van der Waals surface area contributed by atoms with Crippen LogP contribution in [-0.4, -0.2) is 28.2 Å². The fraction of sp³-hybridized carbons (Fsp3) is 0.0952. The topological polar surface area (TPSA) is 75.4 Å². The molecule has 4 rings (SSSR count). The van der Waals surface area contributed by atoms with Gasteiger partial charge in [-0.1, -0.05) is 18.2 Å². The van der Waals surface area contributed by atoms with Crippen molar-refractivity contribution in [1.82, 2.24) is 9.88 Å². The van der Waals surface area contributed by atoms with Gasteiger partial charge in [0.2, 0.25) is 5.91 Å². The van der Waals surface area contributed by atoms with Gasteiger partial charge in [-0.25, -0.2) is 4.98 Å². The standard InChI is InChI=1S/C21H17N3O3S2/c25-19(22-16-5-2-1-3-6-16)12-24(11-17-7-4-9-27-17)21(26)18-14-29-20(23-18)15-8-10-28-13-15/h1-10,13-14H,11-12H2,(H,22,25). The molecule has 0 fully saturated rings. The number of para-hydroxylation sites is 1. The normalized spacial score (nSPS) is 10.6. The molecule has 0 bridgehead atoms. The van der Waals surface area contributed by atoms with Gasteiger partial charge in [-0.3, -0.25) is 9.59 Å². The number of nitrogens with zero attached hydrogens (tertiary/aromatic N) is 2. The van der Waals surface area contributed by atoms with Crippen molar-refractivity contribution in [2.45, 2.75) is 6.54 Å². The number of carbonyl (C=O) groups excluding carboxylic acids is 2. The molecule has 0 saturated heterocycles. The maximum Gasteiger partial charge on any atom is 0.274 e. The Labute approximate surface area is 175 Å². The van der Waals surface area contributed by atoms with Gasteiger partial charge in [0.15, 0.2) is 0 Å². The predicted octanol–water partition coefficient (Wildman–Crippen LogP) is 4.75. The summed E-state index contributed by atoms with van der Waals surface area (Å²) < 4.78 is 5.37. The van der Waals surface area contributed by atoms with Crippen molar-refractivity contribution in [3.8, 4) is 10.6 Å². The van der Waals surface area contributed by atoms with Gasteiger partial charge in [0, 0.05) is 22.0 Å². The van der Waals surface area contributed by atoms with Crippen LogP contribution >= 0.6 is 22.7 Å². The number of amides is 2. The number of aromatic nitrogens is 1. The van der Waals surface area contributed by atoms with E-state index in [9.17, 15) is 9.59 Å². The van der Waals surface area contributed by atoms with Crippen LogP contribution in [0.5, 0.6) is 0 Å². The average Bonchev–Trinajstić information content (AvgIpc) is 3.49. The Balaban J connectivity index is 1.51. The second kappa shape index (κ2) is 8.85. The quantitative estimate of drug-likeness (QED) is 0.466. The summed E-state index contributed by atoms with van der Waals surface area (Å²) in [5, 5.41) is 9.26. The SMILES string of the molecule is O=C(CN(Cc1ccco1)C(=O)c1csc(-c2ccsc2)n1)Nc1ccccc1. The number of anilines is 1. The predicted molar refractivity (Wildman–Crippen MR) is 114 cm³/mol. The van der Waals surface area contributed by atoms with Crippen molar-refractivity contribution in [2.24, 2.45) is 0 Å². The van der Waals surface area contributed by atoms with E-state index in [4.69, 9.17) is 4.42 Å². The van der Waals surface area contributed by atoms with Crippen LogP contribution in [0.3, 0.4) is 0 Å². The Kier molecular flexibility index (Phi) is 5.83. The van der Waals surface area contributed by atoms with Crippen molar-refractivity contribution in [3.05, 3.63) is 82.4 Å². The molecule has 1 aromatic carbocycles. The second-order valence-electron chi connectivity index (χ2n) is 6.20. The number of benzene rings is 1. The van der Waals surface area contributed by atoms with Crippen molar-refractivity contribution in [1.29, 1.82) is 0 Å². The average molecular weight is 424 g/mol. The summed E-state index contributed by atoms with van der Waals surface area (Å²) >= 11 is 2.98. The maximum absolute atomic E-state index is 13.1. The van der Waals surface area contributed by atoms with Crippen LogP contribution in [0.15, 0.2) is 75.4 Å². The number of hydrogen-bond donors (Lipinski definition) is 1. The summed E-state index contributed by atoms with van der Waals surface area (Å²) in [5.74, 6) is -0.00844. The Morgan fingerprint density at radius 3 is 2.66 bits per heavy atom. The molecule has 2 amide bonds. The fourth-order valence-electron chi connectivity index (χ4n) is 2.74. The smallest absolute Gasteiger partial charge is 0.274 e. The zero-order chi connectivity index (χ0) is 20.1. The summed E-state index contributed by atoms with van der Waals surface area (Å²) in [7, 11) is 0. The maximum atomic E-state index is 13.1. The highest BCUT2D eigenvalue weighted by Crippen LogP contribution is 2.26. The largest absolute Gasteiger partial charge is 0.467 e. The van der Waals surface area contributed by atoms with E-state index in [1.807, 2.05) is 35.0 Å². The Bertz CT molecular complexity index is 1070. The van der Waals surface area contributed by atoms with Crippen molar-refractivity contribution >= 4 is 40.2 Å². The molecule has 0 atom stereocenters. The number of thiazole rings is 1. The van der Waals surface area contributed by atoms with Crippen molar-refractivity contribution in [2.75, 3.05) is 11.9 Å². The minimum atomic E-state index is -0.317. The summed E-state index contributed by atoms with van der Waals surface area (Å²) in [5.41, 5.74) is 1.98. The first-order chi connectivity index (χ1) is 14.2. The lowest BCUT2D eigenvalue weighted by atomic mass is 10.3. The summed E-state index contributed by atoms with van der Waals surface area (Å²) in [6, 6.07) is 14.6. The molecule has 146 valence electrons. The molecular formula is C21H17N3O3S2. The monoisotopic (exact) mass is 423 g/mol. The number of nitrogens with one attached hydrogen (secondary N) is 1. The first-order valence-corrected chi connectivity index (χ1v) is 10.7. The zero-order valence-electron chi connectivity index (χ0n) is 15.3. The number of carbonyl (C=O) groups is 2. The Morgan fingerprint density at radius 1 is 1.07 bits per heavy atom. The van der Waals surface area contributed by atoms with Gasteiger partial charge in [0.25, 0.3) is 5.91 Å². The highest BCUT2D eigenvalue weighted by molar-refractivity contribution is 7.14. The Hall–Kier alpha value is -3.23. The molecule has 0 aliphatic heterocycles. The fourth-order valence-corrected chi connectivity index (χ4v) is 4.24. The highest BCUT2D eigenvalue weighted by Gasteiger charge is 2.23. The third-order valence-corrected chi connectivity index (χ3v) is 5.67. The molecule has 0 radical (unpaired) electrons. The minimum Gasteiger partial charge on any atom is -0.467 e.